The first kappa shape index (κ1) is 10.8. The second kappa shape index (κ2) is 4.90. The Labute approximate surface area is 95.1 Å². The minimum absolute atomic E-state index is 0.196. The number of aromatic nitrogens is 2. The summed E-state index contributed by atoms with van der Waals surface area (Å²) in [7, 11) is 0. The first-order valence-electron chi connectivity index (χ1n) is 5.32. The molecule has 0 aliphatic carbocycles. The zero-order valence-corrected chi connectivity index (χ0v) is 9.15. The SMILES string of the molecule is C=Cc1ncc(OC2CCNC2)nc1C=C. The topological polar surface area (TPSA) is 47.0 Å². The number of nitrogens with zero attached hydrogens (tertiary/aromatic N) is 2. The van der Waals surface area contributed by atoms with Gasteiger partial charge in [-0.15, -0.1) is 0 Å². The summed E-state index contributed by atoms with van der Waals surface area (Å²) < 4.78 is 5.70. The zero-order valence-electron chi connectivity index (χ0n) is 9.15. The van der Waals surface area contributed by atoms with E-state index in [0.29, 0.717) is 11.6 Å². The van der Waals surface area contributed by atoms with Crippen molar-refractivity contribution >= 4 is 12.2 Å². The summed E-state index contributed by atoms with van der Waals surface area (Å²) in [6.07, 6.45) is 6.15. The molecule has 0 radical (unpaired) electrons. The van der Waals surface area contributed by atoms with Gasteiger partial charge in [0.2, 0.25) is 5.88 Å². The van der Waals surface area contributed by atoms with Gasteiger partial charge in [0, 0.05) is 6.54 Å². The van der Waals surface area contributed by atoms with Crippen LogP contribution in [0.5, 0.6) is 5.88 Å². The molecule has 84 valence electrons. The molecule has 0 amide bonds. The average molecular weight is 217 g/mol. The molecule has 16 heavy (non-hydrogen) atoms. The molecule has 1 aliphatic heterocycles. The molecule has 1 aliphatic rings. The molecule has 0 spiro atoms. The summed E-state index contributed by atoms with van der Waals surface area (Å²) in [6, 6.07) is 0. The van der Waals surface area contributed by atoms with Gasteiger partial charge in [-0.05, 0) is 25.1 Å². The van der Waals surface area contributed by atoms with Gasteiger partial charge < -0.3 is 10.1 Å². The molecule has 1 unspecified atom stereocenters. The van der Waals surface area contributed by atoms with E-state index in [1.165, 1.54) is 0 Å². The van der Waals surface area contributed by atoms with Crippen LogP contribution < -0.4 is 10.1 Å². The molecule has 4 heteroatoms. The average Bonchev–Trinajstić information content (AvgIpc) is 2.81. The lowest BCUT2D eigenvalue weighted by atomic mass is 10.3. The maximum Gasteiger partial charge on any atom is 0.233 e. The van der Waals surface area contributed by atoms with Crippen LogP contribution in [0.25, 0.3) is 12.2 Å². The molecule has 4 nitrogen and oxygen atoms in total. The maximum atomic E-state index is 5.70. The third-order valence-corrected chi connectivity index (χ3v) is 2.50. The van der Waals surface area contributed by atoms with Gasteiger partial charge in [0.05, 0.1) is 17.6 Å². The molecule has 1 atom stereocenters. The summed E-state index contributed by atoms with van der Waals surface area (Å²) in [5, 5.41) is 3.23. The van der Waals surface area contributed by atoms with Gasteiger partial charge in [-0.3, -0.25) is 0 Å². The van der Waals surface area contributed by atoms with Crippen molar-refractivity contribution in [3.8, 4) is 5.88 Å². The fourth-order valence-electron chi connectivity index (χ4n) is 1.66. The predicted molar refractivity (Wildman–Crippen MR) is 64.1 cm³/mol. The van der Waals surface area contributed by atoms with Crippen LogP contribution in [-0.4, -0.2) is 29.2 Å². The lowest BCUT2D eigenvalue weighted by molar-refractivity contribution is 0.213. The quantitative estimate of drug-likeness (QED) is 0.830. The molecule has 1 N–H and O–H groups in total. The van der Waals surface area contributed by atoms with E-state index in [4.69, 9.17) is 4.74 Å². The molecule has 1 aromatic heterocycles. The van der Waals surface area contributed by atoms with E-state index < -0.39 is 0 Å². The fraction of sp³-hybridized carbons (Fsp3) is 0.333. The molecule has 0 bridgehead atoms. The van der Waals surface area contributed by atoms with E-state index in [-0.39, 0.29) is 6.10 Å². The Bertz CT molecular complexity index is 397. The highest BCUT2D eigenvalue weighted by molar-refractivity contribution is 5.57. The maximum absolute atomic E-state index is 5.70. The second-order valence-electron chi connectivity index (χ2n) is 3.62. The minimum atomic E-state index is 0.196. The summed E-state index contributed by atoms with van der Waals surface area (Å²) >= 11 is 0. The van der Waals surface area contributed by atoms with Gasteiger partial charge in [0.15, 0.2) is 0 Å². The third-order valence-electron chi connectivity index (χ3n) is 2.50. The Balaban J connectivity index is 2.15. The zero-order chi connectivity index (χ0) is 11.4. The number of hydrogen-bond acceptors (Lipinski definition) is 4. The summed E-state index contributed by atoms with van der Waals surface area (Å²) in [5.74, 6) is 0.550. The van der Waals surface area contributed by atoms with E-state index in [9.17, 15) is 0 Å². The number of nitrogens with one attached hydrogen (secondary N) is 1. The normalized spacial score (nSPS) is 19.4. The lowest BCUT2D eigenvalue weighted by Gasteiger charge is -2.11. The monoisotopic (exact) mass is 217 g/mol. The van der Waals surface area contributed by atoms with Crippen LogP contribution in [0.15, 0.2) is 19.4 Å². The minimum Gasteiger partial charge on any atom is -0.472 e. The van der Waals surface area contributed by atoms with Crippen LogP contribution >= 0.6 is 0 Å². The van der Waals surface area contributed by atoms with Crippen LogP contribution in [-0.2, 0) is 0 Å². The molecule has 0 saturated carbocycles. The van der Waals surface area contributed by atoms with Gasteiger partial charge >= 0.3 is 0 Å². The molecule has 2 rings (SSSR count). The van der Waals surface area contributed by atoms with Crippen molar-refractivity contribution in [3.63, 3.8) is 0 Å². The molecule has 1 saturated heterocycles. The summed E-state index contributed by atoms with van der Waals surface area (Å²) in [6.45, 7) is 9.23. The predicted octanol–water partition coefficient (Wildman–Crippen LogP) is 1.50. The van der Waals surface area contributed by atoms with Crippen LogP contribution in [0.4, 0.5) is 0 Å². The van der Waals surface area contributed by atoms with Crippen molar-refractivity contribution in [2.24, 2.45) is 0 Å². The smallest absolute Gasteiger partial charge is 0.233 e. The van der Waals surface area contributed by atoms with E-state index in [1.807, 2.05) is 0 Å². The largest absolute Gasteiger partial charge is 0.472 e. The first-order valence-corrected chi connectivity index (χ1v) is 5.32. The number of hydrogen-bond donors (Lipinski definition) is 1. The van der Waals surface area contributed by atoms with Gasteiger partial charge in [-0.1, -0.05) is 13.2 Å². The van der Waals surface area contributed by atoms with Gasteiger partial charge in [0.25, 0.3) is 0 Å². The van der Waals surface area contributed by atoms with E-state index in [0.717, 1.165) is 25.2 Å². The Morgan fingerprint density at radius 3 is 2.81 bits per heavy atom. The van der Waals surface area contributed by atoms with Crippen LogP contribution in [0.3, 0.4) is 0 Å². The van der Waals surface area contributed by atoms with E-state index in [1.54, 1.807) is 18.3 Å². The third kappa shape index (κ3) is 2.28. The Morgan fingerprint density at radius 2 is 2.19 bits per heavy atom. The lowest BCUT2D eigenvalue weighted by Crippen LogP contribution is -2.20. The van der Waals surface area contributed by atoms with Crippen LogP contribution in [0.2, 0.25) is 0 Å². The fourth-order valence-corrected chi connectivity index (χ4v) is 1.66. The van der Waals surface area contributed by atoms with Crippen molar-refractivity contribution in [1.29, 1.82) is 0 Å². The van der Waals surface area contributed by atoms with Crippen molar-refractivity contribution in [3.05, 3.63) is 30.7 Å². The molecule has 2 heterocycles. The summed E-state index contributed by atoms with van der Waals surface area (Å²) in [4.78, 5) is 8.54. The summed E-state index contributed by atoms with van der Waals surface area (Å²) in [5.41, 5.74) is 1.44. The molecule has 1 aromatic rings. The van der Waals surface area contributed by atoms with Gasteiger partial charge in [0.1, 0.15) is 6.10 Å². The molecular formula is C12H15N3O. The highest BCUT2D eigenvalue weighted by Crippen LogP contribution is 2.15. The van der Waals surface area contributed by atoms with Crippen molar-refractivity contribution in [2.45, 2.75) is 12.5 Å². The Hall–Kier alpha value is -1.68. The van der Waals surface area contributed by atoms with Crippen molar-refractivity contribution < 1.29 is 4.74 Å². The molecule has 1 fully saturated rings. The molecular weight excluding hydrogens is 202 g/mol. The standard InChI is InChI=1S/C12H15N3O/c1-3-10-11(4-2)15-12(8-14-10)16-9-5-6-13-7-9/h3-4,8-9,13H,1-2,5-7H2. The molecule has 0 aromatic carbocycles. The highest BCUT2D eigenvalue weighted by atomic mass is 16.5. The Kier molecular flexibility index (Phi) is 3.31. The number of rotatable bonds is 4. The number of ether oxygens (including phenoxy) is 1. The Morgan fingerprint density at radius 1 is 1.38 bits per heavy atom. The van der Waals surface area contributed by atoms with Gasteiger partial charge in [-0.2, -0.15) is 0 Å². The van der Waals surface area contributed by atoms with E-state index in [2.05, 4.69) is 28.4 Å². The highest BCUT2D eigenvalue weighted by Gasteiger charge is 2.16. The second-order valence-corrected chi connectivity index (χ2v) is 3.62. The first-order chi connectivity index (χ1) is 7.83. The van der Waals surface area contributed by atoms with Crippen molar-refractivity contribution in [1.82, 2.24) is 15.3 Å². The van der Waals surface area contributed by atoms with Crippen LogP contribution in [0, 0.1) is 0 Å². The van der Waals surface area contributed by atoms with E-state index >= 15 is 0 Å². The van der Waals surface area contributed by atoms with Crippen LogP contribution in [0.1, 0.15) is 17.8 Å². The van der Waals surface area contributed by atoms with Gasteiger partial charge in [-0.25, -0.2) is 9.97 Å². The van der Waals surface area contributed by atoms with Crippen molar-refractivity contribution in [2.75, 3.05) is 13.1 Å².